The summed E-state index contributed by atoms with van der Waals surface area (Å²) in [5, 5.41) is 4.42. The summed E-state index contributed by atoms with van der Waals surface area (Å²) in [6, 6.07) is 2.58. The molecule has 7 nitrogen and oxygen atoms in total. The van der Waals surface area contributed by atoms with Crippen molar-refractivity contribution in [2.75, 3.05) is 13.6 Å². The first-order valence-electron chi connectivity index (χ1n) is 11.3. The third-order valence-corrected chi connectivity index (χ3v) is 7.34. The van der Waals surface area contributed by atoms with E-state index in [1.165, 1.54) is 6.42 Å². The van der Waals surface area contributed by atoms with Gasteiger partial charge in [-0.25, -0.2) is 4.98 Å². The fraction of sp³-hybridized carbons (Fsp3) is 0.652. The number of nitrogens with zero attached hydrogens (tertiary/aromatic N) is 4. The molecule has 3 aliphatic rings. The van der Waals surface area contributed by atoms with Crippen molar-refractivity contribution >= 4 is 5.78 Å². The fourth-order valence-corrected chi connectivity index (χ4v) is 5.71. The van der Waals surface area contributed by atoms with Crippen LogP contribution in [0.15, 0.2) is 16.8 Å². The fourth-order valence-electron chi connectivity index (χ4n) is 5.71. The van der Waals surface area contributed by atoms with Crippen LogP contribution in [-0.2, 0) is 16.6 Å². The van der Waals surface area contributed by atoms with Crippen molar-refractivity contribution in [3.8, 4) is 17.5 Å². The predicted octanol–water partition coefficient (Wildman–Crippen LogP) is 3.71. The highest BCUT2D eigenvalue weighted by atomic mass is 16.5. The van der Waals surface area contributed by atoms with E-state index < -0.39 is 5.41 Å². The second-order valence-electron chi connectivity index (χ2n) is 9.14. The van der Waals surface area contributed by atoms with Crippen LogP contribution in [0.1, 0.15) is 69.5 Å². The zero-order chi connectivity index (χ0) is 20.7. The van der Waals surface area contributed by atoms with Crippen molar-refractivity contribution < 1.29 is 14.1 Å². The Morgan fingerprint density at radius 1 is 1.23 bits per heavy atom. The first-order valence-corrected chi connectivity index (χ1v) is 11.3. The van der Waals surface area contributed by atoms with Crippen LogP contribution in [0.2, 0.25) is 0 Å². The lowest BCUT2D eigenvalue weighted by molar-refractivity contribution is -0.127. The maximum atomic E-state index is 12.9. The summed E-state index contributed by atoms with van der Waals surface area (Å²) in [5.41, 5.74) is 2.14. The number of rotatable bonds is 4. The molecule has 2 aromatic heterocycles. The lowest BCUT2D eigenvalue weighted by atomic mass is 9.64. The van der Waals surface area contributed by atoms with Crippen molar-refractivity contribution in [1.82, 2.24) is 20.0 Å². The molecule has 1 aliphatic heterocycles. The molecular formula is C23H30N4O3. The molecule has 1 spiro atoms. The van der Waals surface area contributed by atoms with Crippen LogP contribution in [0, 0.1) is 0 Å². The third kappa shape index (κ3) is 3.23. The molecular weight excluding hydrogens is 380 g/mol. The summed E-state index contributed by atoms with van der Waals surface area (Å²) in [4.78, 5) is 24.2. The molecule has 3 atom stereocenters. The largest absolute Gasteiger partial charge is 0.459 e. The van der Waals surface area contributed by atoms with Gasteiger partial charge in [0.15, 0.2) is 5.76 Å². The molecule has 3 heterocycles. The Morgan fingerprint density at radius 3 is 2.90 bits per heavy atom. The van der Waals surface area contributed by atoms with E-state index in [0.717, 1.165) is 62.7 Å². The molecule has 2 fully saturated rings. The van der Waals surface area contributed by atoms with Gasteiger partial charge in [0.1, 0.15) is 23.3 Å². The number of hydrogen-bond acceptors (Lipinski definition) is 7. The van der Waals surface area contributed by atoms with Crippen molar-refractivity contribution in [1.29, 1.82) is 0 Å². The molecule has 0 unspecified atom stereocenters. The van der Waals surface area contributed by atoms with Gasteiger partial charge in [-0.2, -0.15) is 4.98 Å². The molecule has 2 aromatic rings. The lowest BCUT2D eigenvalue weighted by Crippen LogP contribution is -2.41. The first kappa shape index (κ1) is 19.7. The molecule has 0 bridgehead atoms. The van der Waals surface area contributed by atoms with Gasteiger partial charge in [-0.3, -0.25) is 9.69 Å². The Bertz CT molecular complexity index is 942. The highest BCUT2D eigenvalue weighted by Gasteiger charge is 2.47. The molecule has 30 heavy (non-hydrogen) atoms. The quantitative estimate of drug-likeness (QED) is 0.760. The molecule has 0 aromatic carbocycles. The van der Waals surface area contributed by atoms with Gasteiger partial charge in [-0.05, 0) is 71.5 Å². The van der Waals surface area contributed by atoms with E-state index >= 15 is 0 Å². The van der Waals surface area contributed by atoms with Crippen LogP contribution < -0.4 is 4.74 Å². The summed E-state index contributed by atoms with van der Waals surface area (Å²) >= 11 is 0. The second-order valence-corrected chi connectivity index (χ2v) is 9.14. The van der Waals surface area contributed by atoms with E-state index in [4.69, 9.17) is 9.26 Å². The van der Waals surface area contributed by atoms with Gasteiger partial charge in [0, 0.05) is 24.2 Å². The molecule has 7 heteroatoms. The van der Waals surface area contributed by atoms with Gasteiger partial charge in [0.2, 0.25) is 0 Å². The van der Waals surface area contributed by atoms with Crippen molar-refractivity contribution in [2.24, 2.45) is 0 Å². The lowest BCUT2D eigenvalue weighted by Gasteiger charge is -2.37. The zero-order valence-corrected chi connectivity index (χ0v) is 17.9. The number of hydrogen-bond donors (Lipinski definition) is 0. The summed E-state index contributed by atoms with van der Waals surface area (Å²) in [6.07, 6.45) is 10.4. The van der Waals surface area contributed by atoms with Crippen LogP contribution in [-0.4, -0.2) is 51.5 Å². The summed E-state index contributed by atoms with van der Waals surface area (Å²) in [6.45, 7) is 3.18. The monoisotopic (exact) mass is 410 g/mol. The van der Waals surface area contributed by atoms with Crippen molar-refractivity contribution in [2.45, 2.75) is 82.3 Å². The maximum absolute atomic E-state index is 12.9. The highest BCUT2D eigenvalue weighted by molar-refractivity contribution is 5.91. The minimum atomic E-state index is -0.443. The third-order valence-electron chi connectivity index (χ3n) is 7.34. The minimum absolute atomic E-state index is 0.0134. The zero-order valence-electron chi connectivity index (χ0n) is 17.9. The Morgan fingerprint density at radius 2 is 2.10 bits per heavy atom. The number of aromatic nitrogens is 3. The number of ketones is 1. The smallest absolute Gasteiger partial charge is 0.317 e. The normalized spacial score (nSPS) is 27.9. The number of ether oxygens (including phenoxy) is 1. The van der Waals surface area contributed by atoms with E-state index in [0.29, 0.717) is 35.7 Å². The Kier molecular flexibility index (Phi) is 5.09. The van der Waals surface area contributed by atoms with Gasteiger partial charge in [-0.15, -0.1) is 0 Å². The van der Waals surface area contributed by atoms with Gasteiger partial charge >= 0.3 is 6.01 Å². The summed E-state index contributed by atoms with van der Waals surface area (Å²) in [5.74, 6) is 0.996. The molecule has 1 saturated carbocycles. The number of likely N-dealkylation sites (tertiary alicyclic amines) is 1. The molecule has 5 rings (SSSR count). The van der Waals surface area contributed by atoms with Crippen LogP contribution in [0.4, 0.5) is 0 Å². The molecule has 2 aliphatic carbocycles. The summed E-state index contributed by atoms with van der Waals surface area (Å²) in [7, 11) is 2.14. The Balaban J connectivity index is 1.43. The molecule has 0 radical (unpaired) electrons. The first-order chi connectivity index (χ1) is 14.6. The second kappa shape index (κ2) is 7.76. The topological polar surface area (TPSA) is 81.3 Å². The number of carbonyl (C=O) groups is 1. The van der Waals surface area contributed by atoms with Crippen LogP contribution in [0.25, 0.3) is 11.5 Å². The van der Waals surface area contributed by atoms with E-state index in [1.807, 2.05) is 6.07 Å². The van der Waals surface area contributed by atoms with Gasteiger partial charge in [-0.1, -0.05) is 11.6 Å². The van der Waals surface area contributed by atoms with E-state index in [-0.39, 0.29) is 6.10 Å². The average molecular weight is 411 g/mol. The van der Waals surface area contributed by atoms with Gasteiger partial charge in [0.25, 0.3) is 0 Å². The van der Waals surface area contributed by atoms with Gasteiger partial charge < -0.3 is 9.26 Å². The van der Waals surface area contributed by atoms with Crippen LogP contribution in [0.5, 0.6) is 6.01 Å². The van der Waals surface area contributed by atoms with E-state index in [9.17, 15) is 4.79 Å². The van der Waals surface area contributed by atoms with Crippen molar-refractivity contribution in [3.05, 3.63) is 23.5 Å². The number of fused-ring (bicyclic) bond motifs is 2. The molecule has 0 amide bonds. The standard InChI is InChI=1S/C23H30N4O3/c1-15(18-8-6-14-27(18)2)29-22-24-13-10-17(25-22)20-16-7-5-12-23(21(16)26-30-20)11-4-3-9-19(23)28/h10,13,15,18H,3-9,11-12,14H2,1-2H3/t15-,18-,23+/m0/s1. The molecule has 160 valence electrons. The van der Waals surface area contributed by atoms with Crippen LogP contribution in [0.3, 0.4) is 0 Å². The Labute approximate surface area is 177 Å². The van der Waals surface area contributed by atoms with Crippen molar-refractivity contribution in [3.63, 3.8) is 0 Å². The van der Waals surface area contributed by atoms with Crippen LogP contribution >= 0.6 is 0 Å². The van der Waals surface area contributed by atoms with Gasteiger partial charge in [0.05, 0.1) is 5.41 Å². The molecule has 0 N–H and O–H groups in total. The maximum Gasteiger partial charge on any atom is 0.317 e. The Hall–Kier alpha value is -2.28. The minimum Gasteiger partial charge on any atom is -0.459 e. The average Bonchev–Trinajstić information content (AvgIpc) is 3.37. The number of Topliss-reactive ketones (excluding diaryl/α,β-unsaturated/α-hetero) is 1. The SMILES string of the molecule is C[C@H](Oc1nccc(-c2onc3c2CCC[C@@]32CCCCC2=O)n1)[C@@H]1CCCN1C. The predicted molar refractivity (Wildman–Crippen MR) is 111 cm³/mol. The van der Waals surface area contributed by atoms with E-state index in [2.05, 4.69) is 34.0 Å². The highest BCUT2D eigenvalue weighted by Crippen LogP contribution is 2.47. The summed E-state index contributed by atoms with van der Waals surface area (Å²) < 4.78 is 11.9. The number of carbonyl (C=O) groups excluding carboxylic acids is 1. The number of likely N-dealkylation sites (N-methyl/N-ethyl adjacent to an activating group) is 1. The molecule has 1 saturated heterocycles. The van der Waals surface area contributed by atoms with E-state index in [1.54, 1.807) is 6.20 Å².